The Hall–Kier alpha value is -1.17. The molecule has 0 saturated heterocycles. The molecule has 1 aromatic carbocycles. The van der Waals surface area contributed by atoms with E-state index in [-0.39, 0.29) is 5.78 Å². The third kappa shape index (κ3) is 4.40. The van der Waals surface area contributed by atoms with Crippen LogP contribution < -0.4 is 0 Å². The maximum Gasteiger partial charge on any atom is 0.319 e. The fourth-order valence-electron chi connectivity index (χ4n) is 1.63. The average Bonchev–Trinajstić information content (AvgIpc) is 2.39. The fourth-order valence-corrected chi connectivity index (χ4v) is 2.05. The molecule has 1 rings (SSSR count). The quantitative estimate of drug-likeness (QED) is 0.416. The Balaban J connectivity index is 2.95. The smallest absolute Gasteiger partial charge is 0.319 e. The minimum Gasteiger partial charge on any atom is -0.454 e. The van der Waals surface area contributed by atoms with Gasteiger partial charge in [-0.3, -0.25) is 9.59 Å². The Bertz CT molecular complexity index is 554. The second-order valence-electron chi connectivity index (χ2n) is 6.00. The number of halogens is 1. The van der Waals surface area contributed by atoms with Crippen LogP contribution in [-0.2, 0) is 19.9 Å². The maximum absolute atomic E-state index is 12.2. The lowest BCUT2D eigenvalue weighted by Gasteiger charge is -2.30. The highest BCUT2D eigenvalue weighted by Gasteiger charge is 2.38. The minimum absolute atomic E-state index is 0.203. The van der Waals surface area contributed by atoms with Crippen LogP contribution in [-0.4, -0.2) is 11.8 Å². The van der Waals surface area contributed by atoms with Crippen molar-refractivity contribution in [2.24, 2.45) is 5.41 Å². The number of benzene rings is 1. The van der Waals surface area contributed by atoms with E-state index in [1.165, 1.54) is 6.92 Å². The molecule has 0 spiro atoms. The highest BCUT2D eigenvalue weighted by molar-refractivity contribution is 14.1. The van der Waals surface area contributed by atoms with E-state index >= 15 is 0 Å². The van der Waals surface area contributed by atoms with E-state index in [0.29, 0.717) is 0 Å². The molecule has 0 amide bonds. The van der Waals surface area contributed by atoms with Gasteiger partial charge in [-0.05, 0) is 55.9 Å². The Morgan fingerprint density at radius 2 is 1.62 bits per heavy atom. The van der Waals surface area contributed by atoms with E-state index in [4.69, 9.17) is 4.74 Å². The number of ketones is 1. The van der Waals surface area contributed by atoms with Gasteiger partial charge in [-0.2, -0.15) is 0 Å². The summed E-state index contributed by atoms with van der Waals surface area (Å²) in [6.07, 6.45) is 1.99. The standard InChI is InChI=1S/C17H21IO3/c1-12(19)16(2,3)15(20)21-17(4,5)14-8-6-13(7-9-14)10-11-18/h6-11H,1-5H3/b11-10+. The molecule has 0 heterocycles. The van der Waals surface area contributed by atoms with Crippen LogP contribution in [0.2, 0.25) is 0 Å². The minimum atomic E-state index is -1.12. The summed E-state index contributed by atoms with van der Waals surface area (Å²) >= 11 is 2.16. The van der Waals surface area contributed by atoms with Crippen LogP contribution in [0.4, 0.5) is 0 Å². The SMILES string of the molecule is CC(=O)C(C)(C)C(=O)OC(C)(C)c1ccc(/C=C/I)cc1. The summed E-state index contributed by atoms with van der Waals surface area (Å²) in [6.45, 7) is 8.22. The Kier molecular flexibility index (Phi) is 5.73. The lowest BCUT2D eigenvalue weighted by atomic mass is 9.88. The molecule has 3 nitrogen and oxygen atoms in total. The number of hydrogen-bond donors (Lipinski definition) is 0. The number of carbonyl (C=O) groups is 2. The lowest BCUT2D eigenvalue weighted by Crippen LogP contribution is -2.38. The Morgan fingerprint density at radius 3 is 2.05 bits per heavy atom. The molecular weight excluding hydrogens is 379 g/mol. The third-order valence-electron chi connectivity index (χ3n) is 3.60. The molecular formula is C17H21IO3. The summed E-state index contributed by atoms with van der Waals surface area (Å²) < 4.78 is 7.51. The summed E-state index contributed by atoms with van der Waals surface area (Å²) in [5, 5.41) is 0. The first-order chi connectivity index (χ1) is 9.61. The van der Waals surface area contributed by atoms with Crippen molar-refractivity contribution in [3.8, 4) is 0 Å². The predicted molar refractivity (Wildman–Crippen MR) is 93.1 cm³/mol. The van der Waals surface area contributed by atoms with Crippen molar-refractivity contribution in [2.75, 3.05) is 0 Å². The van der Waals surface area contributed by atoms with Crippen LogP contribution in [0.3, 0.4) is 0 Å². The van der Waals surface area contributed by atoms with Gasteiger partial charge in [0.15, 0.2) is 0 Å². The van der Waals surface area contributed by atoms with Gasteiger partial charge in [0.2, 0.25) is 0 Å². The van der Waals surface area contributed by atoms with Crippen molar-refractivity contribution in [3.63, 3.8) is 0 Å². The second kappa shape index (κ2) is 6.73. The highest BCUT2D eigenvalue weighted by Crippen LogP contribution is 2.29. The van der Waals surface area contributed by atoms with Gasteiger partial charge in [0, 0.05) is 0 Å². The molecule has 0 unspecified atom stereocenters. The molecule has 0 atom stereocenters. The molecule has 0 N–H and O–H groups in total. The van der Waals surface area contributed by atoms with E-state index < -0.39 is 17.0 Å². The monoisotopic (exact) mass is 400 g/mol. The van der Waals surface area contributed by atoms with Crippen molar-refractivity contribution < 1.29 is 14.3 Å². The van der Waals surface area contributed by atoms with Gasteiger partial charge in [-0.25, -0.2) is 0 Å². The highest BCUT2D eigenvalue weighted by atomic mass is 127. The lowest BCUT2D eigenvalue weighted by molar-refractivity contribution is -0.170. The molecule has 21 heavy (non-hydrogen) atoms. The molecule has 0 bridgehead atoms. The molecule has 0 aromatic heterocycles. The summed E-state index contributed by atoms with van der Waals surface area (Å²) in [5.74, 6) is -0.706. The topological polar surface area (TPSA) is 43.4 Å². The van der Waals surface area contributed by atoms with E-state index in [1.807, 2.05) is 48.3 Å². The van der Waals surface area contributed by atoms with E-state index in [9.17, 15) is 9.59 Å². The first-order valence-corrected chi connectivity index (χ1v) is 7.97. The molecule has 4 heteroatoms. The second-order valence-corrected chi connectivity index (χ2v) is 6.71. The number of Topliss-reactive ketones (excluding diaryl/α,β-unsaturated/α-hetero) is 1. The molecule has 0 aliphatic carbocycles. The van der Waals surface area contributed by atoms with E-state index in [1.54, 1.807) is 13.8 Å². The zero-order valence-corrected chi connectivity index (χ0v) is 15.2. The maximum atomic E-state index is 12.2. The van der Waals surface area contributed by atoms with Gasteiger partial charge in [0.25, 0.3) is 0 Å². The van der Waals surface area contributed by atoms with E-state index in [2.05, 4.69) is 22.6 Å². The zero-order valence-electron chi connectivity index (χ0n) is 13.1. The average molecular weight is 400 g/mol. The number of ether oxygens (including phenoxy) is 1. The zero-order chi connectivity index (χ0) is 16.3. The van der Waals surface area contributed by atoms with Crippen LogP contribution in [0.1, 0.15) is 45.7 Å². The number of esters is 1. The normalized spacial score (nSPS) is 12.5. The van der Waals surface area contributed by atoms with Crippen molar-refractivity contribution in [1.82, 2.24) is 0 Å². The Labute approximate surface area is 139 Å². The predicted octanol–water partition coefficient (Wildman–Crippen LogP) is 4.49. The van der Waals surface area contributed by atoms with Gasteiger partial charge in [-0.1, -0.05) is 46.9 Å². The molecule has 0 aliphatic rings. The first-order valence-electron chi connectivity index (χ1n) is 6.73. The number of rotatable bonds is 5. The van der Waals surface area contributed by atoms with Gasteiger partial charge in [0.1, 0.15) is 16.8 Å². The molecule has 0 saturated carbocycles. The largest absolute Gasteiger partial charge is 0.454 e. The first kappa shape index (κ1) is 17.9. The van der Waals surface area contributed by atoms with Crippen LogP contribution in [0.15, 0.2) is 28.3 Å². The van der Waals surface area contributed by atoms with Crippen molar-refractivity contribution in [1.29, 1.82) is 0 Å². The van der Waals surface area contributed by atoms with Crippen molar-refractivity contribution in [3.05, 3.63) is 39.5 Å². The van der Waals surface area contributed by atoms with Crippen LogP contribution in [0.5, 0.6) is 0 Å². The van der Waals surface area contributed by atoms with Gasteiger partial charge in [0.05, 0.1) is 0 Å². The fraction of sp³-hybridized carbons (Fsp3) is 0.412. The van der Waals surface area contributed by atoms with Crippen molar-refractivity contribution in [2.45, 2.75) is 40.2 Å². The summed E-state index contributed by atoms with van der Waals surface area (Å²) in [4.78, 5) is 23.7. The number of carbonyl (C=O) groups excluding carboxylic acids is 2. The summed E-state index contributed by atoms with van der Waals surface area (Å²) in [6, 6.07) is 7.80. The molecule has 0 radical (unpaired) electrons. The number of hydrogen-bond acceptors (Lipinski definition) is 3. The van der Waals surface area contributed by atoms with Gasteiger partial charge < -0.3 is 4.74 Å². The Morgan fingerprint density at radius 1 is 1.10 bits per heavy atom. The van der Waals surface area contributed by atoms with Crippen LogP contribution in [0, 0.1) is 5.41 Å². The van der Waals surface area contributed by atoms with E-state index in [0.717, 1.165) is 11.1 Å². The summed E-state index contributed by atoms with van der Waals surface area (Å²) in [7, 11) is 0. The van der Waals surface area contributed by atoms with Crippen molar-refractivity contribution >= 4 is 40.4 Å². The van der Waals surface area contributed by atoms with Gasteiger partial charge >= 0.3 is 5.97 Å². The molecule has 0 fully saturated rings. The summed E-state index contributed by atoms with van der Waals surface area (Å²) in [5.41, 5.74) is 0.0671. The van der Waals surface area contributed by atoms with Gasteiger partial charge in [-0.15, -0.1) is 0 Å². The molecule has 114 valence electrons. The van der Waals surface area contributed by atoms with Crippen LogP contribution in [0.25, 0.3) is 6.08 Å². The van der Waals surface area contributed by atoms with Crippen LogP contribution >= 0.6 is 22.6 Å². The molecule has 0 aliphatic heterocycles. The third-order valence-corrected chi connectivity index (χ3v) is 3.96. The molecule has 1 aromatic rings.